The predicted octanol–water partition coefficient (Wildman–Crippen LogP) is 3.13. The van der Waals surface area contributed by atoms with Crippen molar-refractivity contribution in [3.8, 4) is 5.75 Å². The maximum absolute atomic E-state index is 12.3. The number of hydrogen-bond acceptors (Lipinski definition) is 4. The van der Waals surface area contributed by atoms with E-state index in [0.717, 1.165) is 11.3 Å². The van der Waals surface area contributed by atoms with Gasteiger partial charge in [0.1, 0.15) is 11.4 Å². The third-order valence-corrected chi connectivity index (χ3v) is 3.57. The van der Waals surface area contributed by atoms with Gasteiger partial charge in [-0.25, -0.2) is 4.79 Å². The normalized spacial score (nSPS) is 12.2. The molecule has 1 atom stereocenters. The van der Waals surface area contributed by atoms with E-state index >= 15 is 0 Å². The van der Waals surface area contributed by atoms with Gasteiger partial charge in [-0.15, -0.1) is 0 Å². The molecule has 1 aromatic carbocycles. The number of hydrogen-bond donors (Lipinski definition) is 1. The largest absolute Gasteiger partial charge is 0.496 e. The van der Waals surface area contributed by atoms with Crippen molar-refractivity contribution in [2.45, 2.75) is 45.8 Å². The van der Waals surface area contributed by atoms with Gasteiger partial charge in [-0.05, 0) is 33.8 Å². The Labute approximate surface area is 144 Å². The van der Waals surface area contributed by atoms with Crippen molar-refractivity contribution in [3.05, 3.63) is 29.8 Å². The first kappa shape index (κ1) is 19.8. The number of amides is 2. The SMILES string of the molecule is COc1ccccc1C(C)N(C)C(=O)CCNC(=O)OC(C)(C)C. The minimum atomic E-state index is -0.552. The average Bonchev–Trinajstić information content (AvgIpc) is 2.51. The minimum absolute atomic E-state index is 0.0653. The van der Waals surface area contributed by atoms with Crippen LogP contribution in [-0.2, 0) is 9.53 Å². The van der Waals surface area contributed by atoms with E-state index in [1.54, 1.807) is 39.8 Å². The lowest BCUT2D eigenvalue weighted by Gasteiger charge is -2.27. The summed E-state index contributed by atoms with van der Waals surface area (Å²) in [6.07, 6.45) is -0.314. The van der Waals surface area contributed by atoms with E-state index in [1.807, 2.05) is 31.2 Å². The highest BCUT2D eigenvalue weighted by molar-refractivity contribution is 5.77. The molecule has 2 amide bonds. The van der Waals surface area contributed by atoms with Gasteiger partial charge in [0.05, 0.1) is 13.2 Å². The summed E-state index contributed by atoms with van der Waals surface area (Å²) in [6.45, 7) is 7.55. The predicted molar refractivity (Wildman–Crippen MR) is 93.0 cm³/mol. The highest BCUT2D eigenvalue weighted by Gasteiger charge is 2.21. The van der Waals surface area contributed by atoms with E-state index in [9.17, 15) is 9.59 Å². The molecule has 0 aliphatic rings. The lowest BCUT2D eigenvalue weighted by Crippen LogP contribution is -2.36. The van der Waals surface area contributed by atoms with Crippen molar-refractivity contribution in [1.29, 1.82) is 0 Å². The zero-order valence-electron chi connectivity index (χ0n) is 15.4. The molecule has 0 aliphatic carbocycles. The van der Waals surface area contributed by atoms with Crippen molar-refractivity contribution in [2.24, 2.45) is 0 Å². The molecular formula is C18H28N2O4. The number of methoxy groups -OCH3 is 1. The van der Waals surface area contributed by atoms with Crippen LogP contribution in [0, 0.1) is 0 Å². The van der Waals surface area contributed by atoms with E-state index in [-0.39, 0.29) is 24.9 Å². The molecule has 0 fully saturated rings. The summed E-state index contributed by atoms with van der Waals surface area (Å²) in [5.74, 6) is 0.681. The fourth-order valence-electron chi connectivity index (χ4n) is 2.20. The van der Waals surface area contributed by atoms with E-state index in [2.05, 4.69) is 5.32 Å². The summed E-state index contributed by atoms with van der Waals surface area (Å²) in [7, 11) is 3.35. The van der Waals surface area contributed by atoms with Crippen LogP contribution >= 0.6 is 0 Å². The van der Waals surface area contributed by atoms with Gasteiger partial charge in [0.15, 0.2) is 0 Å². The van der Waals surface area contributed by atoms with Crippen LogP contribution in [0.2, 0.25) is 0 Å². The van der Waals surface area contributed by atoms with Gasteiger partial charge in [0, 0.05) is 25.6 Å². The summed E-state index contributed by atoms with van der Waals surface area (Å²) in [5, 5.41) is 2.59. The maximum atomic E-state index is 12.3. The molecule has 6 heteroatoms. The molecular weight excluding hydrogens is 308 g/mol. The molecule has 0 bridgehead atoms. The van der Waals surface area contributed by atoms with E-state index in [0.29, 0.717) is 0 Å². The lowest BCUT2D eigenvalue weighted by molar-refractivity contribution is -0.131. The standard InChI is InChI=1S/C18H28N2O4/c1-13(14-9-7-8-10-15(14)23-6)20(5)16(21)11-12-19-17(22)24-18(2,3)4/h7-10,13H,11-12H2,1-6H3,(H,19,22). The van der Waals surface area contributed by atoms with E-state index in [1.165, 1.54) is 0 Å². The van der Waals surface area contributed by atoms with Crippen molar-refractivity contribution in [1.82, 2.24) is 10.2 Å². The third-order valence-electron chi connectivity index (χ3n) is 3.57. The van der Waals surface area contributed by atoms with Crippen molar-refractivity contribution in [2.75, 3.05) is 20.7 Å². The maximum Gasteiger partial charge on any atom is 0.407 e. The molecule has 6 nitrogen and oxygen atoms in total. The number of para-hydroxylation sites is 1. The molecule has 0 heterocycles. The number of ether oxygens (including phenoxy) is 2. The highest BCUT2D eigenvalue weighted by Crippen LogP contribution is 2.28. The summed E-state index contributed by atoms with van der Waals surface area (Å²) in [5.41, 5.74) is 0.388. The molecule has 0 spiro atoms. The number of benzene rings is 1. The monoisotopic (exact) mass is 336 g/mol. The topological polar surface area (TPSA) is 67.9 Å². The third kappa shape index (κ3) is 6.10. The summed E-state index contributed by atoms with van der Waals surface area (Å²) >= 11 is 0. The first-order valence-corrected chi connectivity index (χ1v) is 8.01. The van der Waals surface area contributed by atoms with Crippen LogP contribution in [-0.4, -0.2) is 43.2 Å². The molecule has 1 N–H and O–H groups in total. The zero-order chi connectivity index (χ0) is 18.3. The number of carbonyl (C=O) groups is 2. The molecule has 1 rings (SSSR count). The number of nitrogens with zero attached hydrogens (tertiary/aromatic N) is 1. The number of carbonyl (C=O) groups excluding carboxylic acids is 2. The summed E-state index contributed by atoms with van der Waals surface area (Å²) < 4.78 is 10.5. The Hall–Kier alpha value is -2.24. The van der Waals surface area contributed by atoms with Crippen LogP contribution in [0.15, 0.2) is 24.3 Å². The van der Waals surface area contributed by atoms with Gasteiger partial charge < -0.3 is 19.7 Å². The van der Waals surface area contributed by atoms with Crippen LogP contribution < -0.4 is 10.1 Å². The Morgan fingerprint density at radius 1 is 1.25 bits per heavy atom. The highest BCUT2D eigenvalue weighted by atomic mass is 16.6. The molecule has 1 aromatic rings. The van der Waals surface area contributed by atoms with Crippen LogP contribution in [0.5, 0.6) is 5.75 Å². The first-order valence-electron chi connectivity index (χ1n) is 8.01. The van der Waals surface area contributed by atoms with Crippen molar-refractivity contribution < 1.29 is 19.1 Å². The van der Waals surface area contributed by atoms with Crippen LogP contribution in [0.1, 0.15) is 45.7 Å². The summed E-state index contributed by atoms with van der Waals surface area (Å²) in [6, 6.07) is 7.48. The van der Waals surface area contributed by atoms with Gasteiger partial charge in [-0.2, -0.15) is 0 Å². The fourth-order valence-corrected chi connectivity index (χ4v) is 2.20. The average molecular weight is 336 g/mol. The number of alkyl carbamates (subject to hydrolysis) is 1. The fraction of sp³-hybridized carbons (Fsp3) is 0.556. The second kappa shape index (κ2) is 8.57. The van der Waals surface area contributed by atoms with Crippen molar-refractivity contribution >= 4 is 12.0 Å². The molecule has 24 heavy (non-hydrogen) atoms. The van der Waals surface area contributed by atoms with Gasteiger partial charge in [-0.1, -0.05) is 18.2 Å². The van der Waals surface area contributed by atoms with Gasteiger partial charge in [0.25, 0.3) is 0 Å². The Kier molecular flexibility index (Phi) is 7.07. The number of rotatable bonds is 6. The van der Waals surface area contributed by atoms with Crippen LogP contribution in [0.25, 0.3) is 0 Å². The smallest absolute Gasteiger partial charge is 0.407 e. The molecule has 134 valence electrons. The molecule has 0 aliphatic heterocycles. The van der Waals surface area contributed by atoms with E-state index < -0.39 is 11.7 Å². The first-order chi connectivity index (χ1) is 11.2. The number of nitrogens with one attached hydrogen (secondary N) is 1. The second-order valence-corrected chi connectivity index (χ2v) is 6.60. The Bertz CT molecular complexity index is 566. The Morgan fingerprint density at radius 3 is 2.46 bits per heavy atom. The molecule has 0 aromatic heterocycles. The molecule has 0 saturated carbocycles. The van der Waals surface area contributed by atoms with Crippen LogP contribution in [0.3, 0.4) is 0 Å². The van der Waals surface area contributed by atoms with Gasteiger partial charge in [-0.3, -0.25) is 4.79 Å². The van der Waals surface area contributed by atoms with Crippen LogP contribution in [0.4, 0.5) is 4.79 Å². The molecule has 0 radical (unpaired) electrons. The summed E-state index contributed by atoms with van der Waals surface area (Å²) in [4.78, 5) is 25.5. The van der Waals surface area contributed by atoms with E-state index in [4.69, 9.17) is 9.47 Å². The minimum Gasteiger partial charge on any atom is -0.496 e. The zero-order valence-corrected chi connectivity index (χ0v) is 15.4. The molecule has 0 saturated heterocycles. The lowest BCUT2D eigenvalue weighted by atomic mass is 10.1. The second-order valence-electron chi connectivity index (χ2n) is 6.60. The van der Waals surface area contributed by atoms with Gasteiger partial charge in [0.2, 0.25) is 5.91 Å². The Morgan fingerprint density at radius 2 is 1.88 bits per heavy atom. The van der Waals surface area contributed by atoms with Crippen molar-refractivity contribution in [3.63, 3.8) is 0 Å². The molecule has 1 unspecified atom stereocenters. The Balaban J connectivity index is 2.54. The van der Waals surface area contributed by atoms with Gasteiger partial charge >= 0.3 is 6.09 Å². The quantitative estimate of drug-likeness (QED) is 0.866.